The van der Waals surface area contributed by atoms with Gasteiger partial charge in [0, 0.05) is 42.7 Å². The van der Waals surface area contributed by atoms with Crippen molar-refractivity contribution in [1.82, 2.24) is 0 Å². The van der Waals surface area contributed by atoms with Crippen molar-refractivity contribution in [3.8, 4) is 0 Å². The van der Waals surface area contributed by atoms with E-state index in [9.17, 15) is 8.76 Å². The summed E-state index contributed by atoms with van der Waals surface area (Å²) in [6.07, 6.45) is 0. The Labute approximate surface area is 98.9 Å². The Hall–Kier alpha value is 2.18. The predicted octanol–water partition coefficient (Wildman–Crippen LogP) is -2.19. The standard InChI is InChI=1S/CH4FO3P.Mn.Na.V.H/c1-5-6(2,3)4;;;;/h1H3,(H,3,4);;;;/q;;+1;;-1. The molecule has 0 saturated heterocycles. The summed E-state index contributed by atoms with van der Waals surface area (Å²) >= 11 is 0. The van der Waals surface area contributed by atoms with Crippen LogP contribution in [0.25, 0.3) is 0 Å². The fourth-order valence-electron chi connectivity index (χ4n) is 0. The quantitative estimate of drug-likeness (QED) is 0.421. The van der Waals surface area contributed by atoms with Crippen molar-refractivity contribution in [2.45, 2.75) is 0 Å². The minimum Gasteiger partial charge on any atom is -1.00 e. The second-order valence-corrected chi connectivity index (χ2v) is 1.90. The maximum absolute atomic E-state index is 11.0. The summed E-state index contributed by atoms with van der Waals surface area (Å²) in [5.41, 5.74) is 0. The monoisotopic (exact) mass is 244 g/mol. The van der Waals surface area contributed by atoms with Crippen molar-refractivity contribution in [3.63, 3.8) is 0 Å². The van der Waals surface area contributed by atoms with Crippen LogP contribution in [0, 0.1) is 0 Å². The van der Waals surface area contributed by atoms with Crippen molar-refractivity contribution in [2.24, 2.45) is 0 Å². The molecule has 0 aromatic heterocycles. The van der Waals surface area contributed by atoms with Gasteiger partial charge < -0.3 is 1.43 Å². The van der Waals surface area contributed by atoms with E-state index in [0.717, 1.165) is 7.11 Å². The fraction of sp³-hybridized carbons (Fsp3) is 1.00. The van der Waals surface area contributed by atoms with E-state index in [0.29, 0.717) is 0 Å². The topological polar surface area (TPSA) is 46.5 Å². The van der Waals surface area contributed by atoms with Gasteiger partial charge in [-0.05, 0) is 0 Å². The Morgan fingerprint density at radius 3 is 1.89 bits per heavy atom. The first-order valence-corrected chi connectivity index (χ1v) is 2.61. The van der Waals surface area contributed by atoms with Crippen molar-refractivity contribution >= 4 is 7.91 Å². The summed E-state index contributed by atoms with van der Waals surface area (Å²) in [5.74, 6) is 0. The van der Waals surface area contributed by atoms with Crippen LogP contribution in [-0.4, -0.2) is 12.0 Å². The molecule has 9 heavy (non-hydrogen) atoms. The van der Waals surface area contributed by atoms with Gasteiger partial charge in [0.1, 0.15) is 0 Å². The molecule has 3 nitrogen and oxygen atoms in total. The number of rotatable bonds is 1. The Morgan fingerprint density at radius 2 is 1.89 bits per heavy atom. The van der Waals surface area contributed by atoms with Crippen LogP contribution in [0.15, 0.2) is 0 Å². The molecule has 2 radical (unpaired) electrons. The SMILES string of the molecule is COP(=O)(O)F.[H-].[Mn].[Na+].[V]. The molecule has 0 bridgehead atoms. The van der Waals surface area contributed by atoms with Crippen molar-refractivity contribution in [1.29, 1.82) is 0 Å². The maximum Gasteiger partial charge on any atom is 1.00 e. The van der Waals surface area contributed by atoms with E-state index >= 15 is 0 Å². The van der Waals surface area contributed by atoms with Crippen LogP contribution in [0.2, 0.25) is 0 Å². The minimum atomic E-state index is -4.65. The van der Waals surface area contributed by atoms with Crippen LogP contribution in [0.1, 0.15) is 1.43 Å². The zero-order valence-corrected chi connectivity index (χ0v) is 10.4. The molecule has 0 aliphatic rings. The van der Waals surface area contributed by atoms with Gasteiger partial charge in [0.2, 0.25) is 0 Å². The molecular formula is CH5FMnNaO3PV. The van der Waals surface area contributed by atoms with Crippen molar-refractivity contribution in [3.05, 3.63) is 0 Å². The molecule has 0 aromatic rings. The summed E-state index contributed by atoms with van der Waals surface area (Å²) < 4.78 is 23.6. The first kappa shape index (κ1) is 22.5. The second-order valence-electron chi connectivity index (χ2n) is 0.634. The Kier molecular flexibility index (Phi) is 25.4. The molecular weight excluding hydrogens is 239 g/mol. The molecule has 0 heterocycles. The average molecular weight is 244 g/mol. The fourth-order valence-corrected chi connectivity index (χ4v) is 0. The number of halogens is 1. The van der Waals surface area contributed by atoms with Gasteiger partial charge in [0.15, 0.2) is 0 Å². The van der Waals surface area contributed by atoms with E-state index in [-0.39, 0.29) is 66.6 Å². The van der Waals surface area contributed by atoms with Crippen molar-refractivity contribution in [2.75, 3.05) is 7.11 Å². The Bertz CT molecular complexity index is 92.6. The van der Waals surface area contributed by atoms with Gasteiger partial charge in [-0.25, -0.2) is 4.57 Å². The molecule has 0 saturated carbocycles. The molecule has 1 atom stereocenters. The van der Waals surface area contributed by atoms with Crippen molar-refractivity contribution < 1.29 is 84.8 Å². The molecule has 1 unspecified atom stereocenters. The molecule has 0 aromatic carbocycles. The average Bonchev–Trinajstić information content (AvgIpc) is 1.35. The van der Waals surface area contributed by atoms with Crippen LogP contribution in [0.3, 0.4) is 0 Å². The van der Waals surface area contributed by atoms with E-state index in [1.165, 1.54) is 0 Å². The van der Waals surface area contributed by atoms with Crippen LogP contribution in [-0.2, 0) is 44.7 Å². The second kappa shape index (κ2) is 10.2. The predicted molar refractivity (Wildman–Crippen MR) is 19.1 cm³/mol. The van der Waals surface area contributed by atoms with Crippen LogP contribution < -0.4 is 29.6 Å². The molecule has 52 valence electrons. The van der Waals surface area contributed by atoms with Crippen LogP contribution >= 0.6 is 7.91 Å². The van der Waals surface area contributed by atoms with E-state index in [4.69, 9.17) is 4.89 Å². The summed E-state index contributed by atoms with van der Waals surface area (Å²) in [7, 11) is -3.83. The van der Waals surface area contributed by atoms with E-state index in [1.54, 1.807) is 0 Å². The third-order valence-electron chi connectivity index (χ3n) is 0.225. The third-order valence-corrected chi connectivity index (χ3v) is 0.676. The Balaban J connectivity index is -0.0000000208. The summed E-state index contributed by atoms with van der Waals surface area (Å²) in [4.78, 5) is 7.49. The maximum atomic E-state index is 11.0. The first-order chi connectivity index (χ1) is 2.56. The van der Waals surface area contributed by atoms with E-state index in [2.05, 4.69) is 4.52 Å². The van der Waals surface area contributed by atoms with Gasteiger partial charge in [-0.2, -0.15) is 0 Å². The number of hydrogen-bond donors (Lipinski definition) is 1. The van der Waals surface area contributed by atoms with Gasteiger partial charge in [0.25, 0.3) is 0 Å². The van der Waals surface area contributed by atoms with Gasteiger partial charge in [-0.3, -0.25) is 9.42 Å². The van der Waals surface area contributed by atoms with Crippen LogP contribution in [0.4, 0.5) is 4.20 Å². The largest absolute Gasteiger partial charge is 1.00 e. The Morgan fingerprint density at radius 1 is 1.78 bits per heavy atom. The molecule has 0 amide bonds. The zero-order chi connectivity index (χ0) is 5.21. The zero-order valence-electron chi connectivity index (χ0n) is 5.91. The molecule has 0 aliphatic heterocycles. The molecule has 0 aliphatic carbocycles. The van der Waals surface area contributed by atoms with E-state index < -0.39 is 7.91 Å². The van der Waals surface area contributed by atoms with Gasteiger partial charge in [0.05, 0.1) is 0 Å². The normalized spacial score (nSPS) is 13.2. The summed E-state index contributed by atoms with van der Waals surface area (Å²) in [5, 5.41) is 0. The van der Waals surface area contributed by atoms with Gasteiger partial charge in [-0.15, -0.1) is 4.20 Å². The van der Waals surface area contributed by atoms with Gasteiger partial charge in [-0.1, -0.05) is 0 Å². The smallest absolute Gasteiger partial charge is 1.00 e. The molecule has 0 rings (SSSR count). The minimum absolute atomic E-state index is 0. The van der Waals surface area contributed by atoms with E-state index in [1.807, 2.05) is 0 Å². The molecule has 1 N–H and O–H groups in total. The molecule has 8 heteroatoms. The van der Waals surface area contributed by atoms with Crippen LogP contribution in [0.5, 0.6) is 0 Å². The first-order valence-electron chi connectivity index (χ1n) is 1.14. The summed E-state index contributed by atoms with van der Waals surface area (Å²) in [6, 6.07) is 0. The molecule has 0 fully saturated rings. The van der Waals surface area contributed by atoms with Gasteiger partial charge >= 0.3 is 37.5 Å². The molecule has 0 spiro atoms. The third kappa shape index (κ3) is 25.4. The summed E-state index contributed by atoms with van der Waals surface area (Å²) in [6.45, 7) is 0. The number of hydrogen-bond acceptors (Lipinski definition) is 2.